The average molecular weight is 394 g/mol. The highest BCUT2D eigenvalue weighted by Crippen LogP contribution is 2.24. The fraction of sp³-hybridized carbons (Fsp3) is 0. The van der Waals surface area contributed by atoms with Gasteiger partial charge in [0.05, 0.1) is 23.4 Å². The second kappa shape index (κ2) is 7.60. The number of nitrogens with zero attached hydrogens (tertiary/aromatic N) is 2. The molecule has 0 saturated carbocycles. The van der Waals surface area contributed by atoms with Gasteiger partial charge in [0, 0.05) is 10.0 Å². The highest BCUT2D eigenvalue weighted by Gasteiger charge is 2.09. The number of benzene rings is 2. The lowest BCUT2D eigenvalue weighted by atomic mass is 10.1. The Kier molecular flexibility index (Phi) is 5.07. The normalized spacial score (nSPS) is 10.6. The van der Waals surface area contributed by atoms with Gasteiger partial charge in [-0.2, -0.15) is 10.4 Å². The zero-order valence-electron chi connectivity index (χ0n) is 12.9. The van der Waals surface area contributed by atoms with Gasteiger partial charge in [0.1, 0.15) is 11.5 Å². The Morgan fingerprint density at radius 2 is 1.88 bits per heavy atom. The standard InChI is InChI=1S/C19H12BrN3O2/c20-17-8-4-3-7-16(17)19(24)23-22-12-14-9-10-18(25-14)15-6-2-1-5-13(15)11-21/h1-10,12H,(H,23,24)/b22-12-. The highest BCUT2D eigenvalue weighted by atomic mass is 79.9. The van der Waals surface area contributed by atoms with Gasteiger partial charge >= 0.3 is 0 Å². The Morgan fingerprint density at radius 1 is 1.12 bits per heavy atom. The third kappa shape index (κ3) is 3.84. The molecular weight excluding hydrogens is 382 g/mol. The Bertz CT molecular complexity index is 986. The number of nitrogens with one attached hydrogen (secondary N) is 1. The van der Waals surface area contributed by atoms with E-state index in [0.717, 1.165) is 0 Å². The van der Waals surface area contributed by atoms with Crippen molar-refractivity contribution in [3.8, 4) is 17.4 Å². The summed E-state index contributed by atoms with van der Waals surface area (Å²) in [7, 11) is 0. The molecule has 0 unspecified atom stereocenters. The summed E-state index contributed by atoms with van der Waals surface area (Å²) < 4.78 is 6.35. The lowest BCUT2D eigenvalue weighted by Crippen LogP contribution is -2.17. The van der Waals surface area contributed by atoms with E-state index in [2.05, 4.69) is 32.5 Å². The highest BCUT2D eigenvalue weighted by molar-refractivity contribution is 9.10. The molecule has 0 saturated heterocycles. The van der Waals surface area contributed by atoms with Crippen LogP contribution in [0.2, 0.25) is 0 Å². The maximum atomic E-state index is 12.0. The molecule has 122 valence electrons. The van der Waals surface area contributed by atoms with E-state index in [1.807, 2.05) is 18.2 Å². The molecule has 1 amide bonds. The van der Waals surface area contributed by atoms with Gasteiger partial charge in [-0.25, -0.2) is 5.43 Å². The molecule has 0 spiro atoms. The molecule has 0 aliphatic heterocycles. The first kappa shape index (κ1) is 16.7. The quantitative estimate of drug-likeness (QED) is 0.528. The van der Waals surface area contributed by atoms with Crippen molar-refractivity contribution >= 4 is 28.1 Å². The molecule has 0 aliphatic carbocycles. The first-order valence-electron chi connectivity index (χ1n) is 7.36. The number of carbonyl (C=O) groups excluding carboxylic acids is 1. The molecule has 25 heavy (non-hydrogen) atoms. The molecule has 0 aliphatic rings. The molecule has 1 N–H and O–H groups in total. The molecule has 2 aromatic carbocycles. The molecule has 3 rings (SSSR count). The minimum Gasteiger partial charge on any atom is -0.455 e. The van der Waals surface area contributed by atoms with Crippen LogP contribution in [-0.4, -0.2) is 12.1 Å². The summed E-state index contributed by atoms with van der Waals surface area (Å²) >= 11 is 3.32. The Labute approximate surface area is 152 Å². The molecule has 6 heteroatoms. The summed E-state index contributed by atoms with van der Waals surface area (Å²) in [5, 5.41) is 13.1. The summed E-state index contributed by atoms with van der Waals surface area (Å²) in [5.74, 6) is 0.705. The molecule has 0 fully saturated rings. The third-order valence-corrected chi connectivity index (χ3v) is 4.11. The second-order valence-electron chi connectivity index (χ2n) is 5.04. The Balaban J connectivity index is 1.72. The van der Waals surface area contributed by atoms with Crippen LogP contribution in [0.4, 0.5) is 0 Å². The number of furan rings is 1. The van der Waals surface area contributed by atoms with Crippen LogP contribution in [0.5, 0.6) is 0 Å². The van der Waals surface area contributed by atoms with E-state index >= 15 is 0 Å². The summed E-state index contributed by atoms with van der Waals surface area (Å²) in [6.07, 6.45) is 1.41. The largest absolute Gasteiger partial charge is 0.455 e. The van der Waals surface area contributed by atoms with Crippen molar-refractivity contribution in [2.24, 2.45) is 5.10 Å². The van der Waals surface area contributed by atoms with Crippen LogP contribution in [0.15, 0.2) is 74.7 Å². The SMILES string of the molecule is N#Cc1ccccc1-c1ccc(/C=N\NC(=O)c2ccccc2Br)o1. The predicted octanol–water partition coefficient (Wildman–Crippen LogP) is 4.34. The number of rotatable bonds is 4. The number of hydrogen-bond acceptors (Lipinski definition) is 4. The van der Waals surface area contributed by atoms with Crippen LogP contribution in [0, 0.1) is 11.3 Å². The molecule has 0 atom stereocenters. The van der Waals surface area contributed by atoms with Gasteiger partial charge in [0.15, 0.2) is 0 Å². The maximum Gasteiger partial charge on any atom is 0.272 e. The number of nitriles is 1. The van der Waals surface area contributed by atoms with E-state index in [0.29, 0.717) is 32.7 Å². The van der Waals surface area contributed by atoms with Crippen LogP contribution < -0.4 is 5.43 Å². The fourth-order valence-corrected chi connectivity index (χ4v) is 2.69. The van der Waals surface area contributed by atoms with E-state index in [-0.39, 0.29) is 5.91 Å². The second-order valence-corrected chi connectivity index (χ2v) is 5.89. The van der Waals surface area contributed by atoms with Crippen LogP contribution in [0.1, 0.15) is 21.7 Å². The van der Waals surface area contributed by atoms with Crippen molar-refractivity contribution in [1.29, 1.82) is 5.26 Å². The van der Waals surface area contributed by atoms with Gasteiger partial charge in [0.25, 0.3) is 5.91 Å². The number of halogens is 1. The van der Waals surface area contributed by atoms with Crippen molar-refractivity contribution in [2.45, 2.75) is 0 Å². The predicted molar refractivity (Wildman–Crippen MR) is 98.1 cm³/mol. The van der Waals surface area contributed by atoms with E-state index < -0.39 is 0 Å². The molecular formula is C19H12BrN3O2. The minimum absolute atomic E-state index is 0.328. The molecule has 3 aromatic rings. The summed E-state index contributed by atoms with van der Waals surface area (Å²) in [4.78, 5) is 12.0. The van der Waals surface area contributed by atoms with Gasteiger partial charge in [-0.1, -0.05) is 24.3 Å². The smallest absolute Gasteiger partial charge is 0.272 e. The topological polar surface area (TPSA) is 78.4 Å². The van der Waals surface area contributed by atoms with Crippen molar-refractivity contribution in [3.05, 3.63) is 82.0 Å². The van der Waals surface area contributed by atoms with Crippen molar-refractivity contribution in [2.75, 3.05) is 0 Å². The van der Waals surface area contributed by atoms with Crippen LogP contribution in [0.25, 0.3) is 11.3 Å². The van der Waals surface area contributed by atoms with Gasteiger partial charge < -0.3 is 4.42 Å². The number of hydrogen-bond donors (Lipinski definition) is 1. The molecule has 5 nitrogen and oxygen atoms in total. The Hall–Kier alpha value is -3.17. The number of amides is 1. The number of carbonyl (C=O) groups is 1. The lowest BCUT2D eigenvalue weighted by Gasteiger charge is -2.01. The maximum absolute atomic E-state index is 12.0. The summed E-state index contributed by atoms with van der Waals surface area (Å²) in [6.45, 7) is 0. The summed E-state index contributed by atoms with van der Waals surface area (Å²) in [5.41, 5.74) is 4.18. The van der Waals surface area contributed by atoms with Gasteiger partial charge in [-0.3, -0.25) is 4.79 Å². The van der Waals surface area contributed by atoms with Crippen molar-refractivity contribution < 1.29 is 9.21 Å². The molecule has 0 radical (unpaired) electrons. The van der Waals surface area contributed by atoms with E-state index in [9.17, 15) is 4.79 Å². The number of hydrazone groups is 1. The average Bonchev–Trinajstić information content (AvgIpc) is 3.10. The first-order chi connectivity index (χ1) is 12.2. The van der Waals surface area contributed by atoms with Gasteiger partial charge in [-0.05, 0) is 52.3 Å². The zero-order chi connectivity index (χ0) is 17.6. The molecule has 0 bridgehead atoms. The van der Waals surface area contributed by atoms with Crippen molar-refractivity contribution in [1.82, 2.24) is 5.43 Å². The lowest BCUT2D eigenvalue weighted by molar-refractivity contribution is 0.0954. The fourth-order valence-electron chi connectivity index (χ4n) is 2.22. The molecule has 1 aromatic heterocycles. The van der Waals surface area contributed by atoms with Crippen LogP contribution in [-0.2, 0) is 0 Å². The first-order valence-corrected chi connectivity index (χ1v) is 8.15. The van der Waals surface area contributed by atoms with Crippen LogP contribution in [0.3, 0.4) is 0 Å². The minimum atomic E-state index is -0.328. The Morgan fingerprint density at radius 3 is 2.68 bits per heavy atom. The van der Waals surface area contributed by atoms with Crippen molar-refractivity contribution in [3.63, 3.8) is 0 Å². The monoisotopic (exact) mass is 393 g/mol. The van der Waals surface area contributed by atoms with Crippen LogP contribution >= 0.6 is 15.9 Å². The van der Waals surface area contributed by atoms with Gasteiger partial charge in [0.2, 0.25) is 0 Å². The summed E-state index contributed by atoms with van der Waals surface area (Å²) in [6, 6.07) is 19.9. The van der Waals surface area contributed by atoms with E-state index in [4.69, 9.17) is 9.68 Å². The van der Waals surface area contributed by atoms with E-state index in [1.54, 1.807) is 42.5 Å². The van der Waals surface area contributed by atoms with E-state index in [1.165, 1.54) is 6.21 Å². The zero-order valence-corrected chi connectivity index (χ0v) is 14.5. The van der Waals surface area contributed by atoms with Gasteiger partial charge in [-0.15, -0.1) is 0 Å². The third-order valence-electron chi connectivity index (χ3n) is 3.42. The molecule has 1 heterocycles.